The molecule has 39 heavy (non-hydrogen) atoms. The van der Waals surface area contributed by atoms with Crippen molar-refractivity contribution in [3.63, 3.8) is 0 Å². The molecule has 2 aromatic carbocycles. The van der Waals surface area contributed by atoms with Gasteiger partial charge in [-0.2, -0.15) is 0 Å². The maximum atomic E-state index is 13.8. The van der Waals surface area contributed by atoms with Crippen molar-refractivity contribution in [3.05, 3.63) is 76.2 Å². The molecule has 0 saturated carbocycles. The zero-order valence-electron chi connectivity index (χ0n) is 22.3. The van der Waals surface area contributed by atoms with Crippen molar-refractivity contribution >= 4 is 17.5 Å². The van der Waals surface area contributed by atoms with Crippen molar-refractivity contribution in [1.29, 1.82) is 0 Å². The Morgan fingerprint density at radius 3 is 2.51 bits per heavy atom. The van der Waals surface area contributed by atoms with Gasteiger partial charge in [0.15, 0.2) is 11.5 Å². The van der Waals surface area contributed by atoms with Gasteiger partial charge in [0.05, 0.1) is 48.8 Å². The third kappa shape index (κ3) is 7.43. The highest BCUT2D eigenvalue weighted by atomic mass is 35.5. The number of aliphatic hydroxyl groups excluding tert-OH is 1. The Morgan fingerprint density at radius 1 is 1.13 bits per heavy atom. The summed E-state index contributed by atoms with van der Waals surface area (Å²) in [6.07, 6.45) is 0. The number of amides is 1. The summed E-state index contributed by atoms with van der Waals surface area (Å²) in [6, 6.07) is 12.2. The maximum Gasteiger partial charge on any atom is 0.251 e. The summed E-state index contributed by atoms with van der Waals surface area (Å²) in [4.78, 5) is 17.5. The van der Waals surface area contributed by atoms with Crippen LogP contribution < -0.4 is 20.5 Å². The number of nitrogens with one attached hydrogen (secondary N) is 1. The summed E-state index contributed by atoms with van der Waals surface area (Å²) in [5.74, 6) is -0.336. The number of methoxy groups -OCH3 is 2. The maximum absolute atomic E-state index is 13.8. The number of hydrogen-bond donors (Lipinski definition) is 4. The number of carbonyl (C=O) groups excluding carboxylic acids is 1. The van der Waals surface area contributed by atoms with Gasteiger partial charge in [-0.3, -0.25) is 4.79 Å². The van der Waals surface area contributed by atoms with Crippen LogP contribution in [0, 0.1) is 5.82 Å². The van der Waals surface area contributed by atoms with Gasteiger partial charge in [-0.1, -0.05) is 11.6 Å². The van der Waals surface area contributed by atoms with Crippen LogP contribution in [0.25, 0.3) is 11.3 Å². The highest BCUT2D eigenvalue weighted by molar-refractivity contribution is 6.31. The summed E-state index contributed by atoms with van der Waals surface area (Å²) < 4.78 is 29.8. The molecule has 0 aliphatic carbocycles. The topological polar surface area (TPSA) is 136 Å². The van der Waals surface area contributed by atoms with Gasteiger partial charge in [0.25, 0.3) is 5.91 Å². The molecule has 0 saturated heterocycles. The normalized spacial score (nSPS) is 14.3. The number of nitrogens with zero attached hydrogens (tertiary/aromatic N) is 1. The smallest absolute Gasteiger partial charge is 0.251 e. The highest BCUT2D eigenvalue weighted by Gasteiger charge is 2.30. The first-order valence-electron chi connectivity index (χ1n) is 12.1. The molecule has 3 rings (SSSR count). The number of hydrogen-bond acceptors (Lipinski definition) is 8. The second-order valence-corrected chi connectivity index (χ2v) is 9.91. The monoisotopic (exact) mass is 561 g/mol. The Hall–Kier alpha value is -3.28. The zero-order chi connectivity index (χ0) is 28.8. The summed E-state index contributed by atoms with van der Waals surface area (Å²) in [5.41, 5.74) is 5.98. The lowest BCUT2D eigenvalue weighted by Gasteiger charge is -2.29. The quantitative estimate of drug-likeness (QED) is 0.264. The van der Waals surface area contributed by atoms with Gasteiger partial charge in [0.2, 0.25) is 0 Å². The van der Waals surface area contributed by atoms with E-state index >= 15 is 0 Å². The van der Waals surface area contributed by atoms with Crippen LogP contribution >= 0.6 is 11.6 Å². The number of benzene rings is 2. The third-order valence-corrected chi connectivity index (χ3v) is 6.35. The molecule has 2 atom stereocenters. The predicted octanol–water partition coefficient (Wildman–Crippen LogP) is 3.38. The van der Waals surface area contributed by atoms with Crippen LogP contribution in [0.3, 0.4) is 0 Å². The summed E-state index contributed by atoms with van der Waals surface area (Å²) >= 11 is 6.00. The Kier molecular flexibility index (Phi) is 9.87. The molecule has 0 aliphatic rings. The van der Waals surface area contributed by atoms with Gasteiger partial charge in [0.1, 0.15) is 18.0 Å². The lowest BCUT2D eigenvalue weighted by atomic mass is 9.89. The van der Waals surface area contributed by atoms with E-state index in [1.807, 2.05) is 0 Å². The molecule has 0 spiro atoms. The van der Waals surface area contributed by atoms with Crippen LogP contribution in [0.2, 0.25) is 5.02 Å². The number of pyridine rings is 1. The Bertz CT molecular complexity index is 1320. The number of aromatic nitrogens is 1. The minimum atomic E-state index is -1.62. The molecule has 210 valence electrons. The molecule has 0 fully saturated rings. The second-order valence-electron chi connectivity index (χ2n) is 9.50. The average molecular weight is 562 g/mol. The van der Waals surface area contributed by atoms with E-state index in [4.69, 9.17) is 36.7 Å². The molecule has 0 bridgehead atoms. The van der Waals surface area contributed by atoms with Gasteiger partial charge >= 0.3 is 0 Å². The lowest BCUT2D eigenvalue weighted by Crippen LogP contribution is -2.41. The van der Waals surface area contributed by atoms with Crippen molar-refractivity contribution in [2.75, 3.05) is 40.6 Å². The number of halogens is 2. The van der Waals surface area contributed by atoms with E-state index in [1.165, 1.54) is 45.4 Å². The van der Waals surface area contributed by atoms with Crippen LogP contribution in [-0.4, -0.2) is 61.7 Å². The number of nitrogens with two attached hydrogens (primary N) is 1. The average Bonchev–Trinajstić information content (AvgIpc) is 2.91. The molecular weight excluding hydrogens is 529 g/mol. The van der Waals surface area contributed by atoms with Crippen molar-refractivity contribution in [3.8, 4) is 22.8 Å². The molecule has 0 aliphatic heterocycles. The second kappa shape index (κ2) is 12.7. The van der Waals surface area contributed by atoms with Crippen molar-refractivity contribution in [2.24, 2.45) is 5.73 Å². The Morgan fingerprint density at radius 2 is 1.87 bits per heavy atom. The minimum Gasteiger partial charge on any atom is -0.493 e. The van der Waals surface area contributed by atoms with Crippen LogP contribution in [0.5, 0.6) is 11.5 Å². The van der Waals surface area contributed by atoms with Crippen LogP contribution in [0.15, 0.2) is 48.5 Å². The molecule has 9 nitrogen and oxygen atoms in total. The van der Waals surface area contributed by atoms with Crippen molar-refractivity contribution in [2.45, 2.75) is 25.0 Å². The SMILES string of the molecule is COCC(C)(N)c1cc(-c2ccc(F)c(Cl)c2)nc(C(C)(O)CNC(=O)c2ccc(OCCO)c(OC)c2)c1. The van der Waals surface area contributed by atoms with E-state index in [2.05, 4.69) is 10.3 Å². The van der Waals surface area contributed by atoms with Crippen molar-refractivity contribution in [1.82, 2.24) is 10.3 Å². The largest absolute Gasteiger partial charge is 0.493 e. The predicted molar refractivity (Wildman–Crippen MR) is 146 cm³/mol. The summed E-state index contributed by atoms with van der Waals surface area (Å²) in [5, 5.41) is 23.0. The molecule has 0 radical (unpaired) electrons. The van der Waals surface area contributed by atoms with E-state index in [9.17, 15) is 14.3 Å². The highest BCUT2D eigenvalue weighted by Crippen LogP contribution is 2.31. The number of carbonyl (C=O) groups is 1. The van der Waals surface area contributed by atoms with Gasteiger partial charge in [-0.05, 0) is 67.9 Å². The van der Waals surface area contributed by atoms with E-state index in [1.54, 1.807) is 31.2 Å². The van der Waals surface area contributed by atoms with Crippen LogP contribution in [-0.2, 0) is 15.9 Å². The number of ether oxygens (including phenoxy) is 3. The number of aliphatic hydroxyl groups is 2. The summed E-state index contributed by atoms with van der Waals surface area (Å²) in [6.45, 7) is 3.18. The first-order valence-corrected chi connectivity index (χ1v) is 12.5. The van der Waals surface area contributed by atoms with Gasteiger partial charge in [-0.15, -0.1) is 0 Å². The molecule has 1 amide bonds. The first kappa shape index (κ1) is 30.3. The van der Waals surface area contributed by atoms with E-state index in [0.29, 0.717) is 28.3 Å². The molecule has 11 heteroatoms. The van der Waals surface area contributed by atoms with Crippen LogP contribution in [0.4, 0.5) is 4.39 Å². The lowest BCUT2D eigenvalue weighted by molar-refractivity contribution is 0.0487. The van der Waals surface area contributed by atoms with Crippen molar-refractivity contribution < 1.29 is 33.6 Å². The fourth-order valence-electron chi connectivity index (χ4n) is 3.85. The first-order chi connectivity index (χ1) is 18.4. The van der Waals surface area contributed by atoms with E-state index in [0.717, 1.165) is 0 Å². The van der Waals surface area contributed by atoms with E-state index in [-0.39, 0.29) is 42.6 Å². The fourth-order valence-corrected chi connectivity index (χ4v) is 4.03. The molecular formula is C28H33ClFN3O6. The van der Waals surface area contributed by atoms with E-state index < -0.39 is 22.9 Å². The Labute approximate surface area is 231 Å². The van der Waals surface area contributed by atoms with Gasteiger partial charge in [-0.25, -0.2) is 9.37 Å². The standard InChI is InChI=1S/C28H33ClFN3O6/c1-27(31,16-37-3)19-13-22(17-5-7-21(30)20(29)11-17)33-25(14-19)28(2,36)15-32-26(35)18-6-8-23(39-10-9-34)24(12-18)38-4/h5-8,11-14,34,36H,9-10,15-16,31H2,1-4H3,(H,32,35). The number of rotatable bonds is 12. The molecule has 1 aromatic heterocycles. The molecule has 1 heterocycles. The van der Waals surface area contributed by atoms with Gasteiger partial charge < -0.3 is 35.5 Å². The Balaban J connectivity index is 1.91. The minimum absolute atomic E-state index is 0.0733. The third-order valence-electron chi connectivity index (χ3n) is 6.06. The molecule has 2 unspecified atom stereocenters. The molecule has 3 aromatic rings. The van der Waals surface area contributed by atoms with Gasteiger partial charge in [0, 0.05) is 18.2 Å². The molecule has 5 N–H and O–H groups in total. The summed E-state index contributed by atoms with van der Waals surface area (Å²) in [7, 11) is 2.97. The zero-order valence-corrected chi connectivity index (χ0v) is 23.0. The fraction of sp³-hybridized carbons (Fsp3) is 0.357. The van der Waals surface area contributed by atoms with Crippen LogP contribution in [0.1, 0.15) is 35.5 Å².